The Kier molecular flexibility index (Phi) is 7.65. The lowest BCUT2D eigenvalue weighted by Crippen LogP contribution is -2.50. The molecule has 0 bridgehead atoms. The van der Waals surface area contributed by atoms with Gasteiger partial charge in [-0.1, -0.05) is 49.6 Å². The molecule has 1 aliphatic heterocycles. The minimum Gasteiger partial charge on any atom is -0.355 e. The topological polar surface area (TPSA) is 69.7 Å². The summed E-state index contributed by atoms with van der Waals surface area (Å²) in [6.07, 6.45) is 7.92. The first-order valence-corrected chi connectivity index (χ1v) is 11.8. The fourth-order valence-corrected chi connectivity index (χ4v) is 5.04. The van der Waals surface area contributed by atoms with Gasteiger partial charge in [-0.2, -0.15) is 4.31 Å². The van der Waals surface area contributed by atoms with E-state index in [1.165, 1.54) is 41.8 Å². The Balaban J connectivity index is 1.40. The van der Waals surface area contributed by atoms with E-state index in [4.69, 9.17) is 0 Å². The molecule has 1 saturated carbocycles. The number of nitrogens with one attached hydrogen (secondary N) is 1. The lowest BCUT2D eigenvalue weighted by molar-refractivity contribution is -0.122. The van der Waals surface area contributed by atoms with Gasteiger partial charge in [-0.25, -0.2) is 8.42 Å². The molecule has 1 aromatic rings. The maximum absolute atomic E-state index is 12.5. The molecule has 6 nitrogen and oxygen atoms in total. The Morgan fingerprint density at radius 1 is 1.04 bits per heavy atom. The van der Waals surface area contributed by atoms with Gasteiger partial charge in [0.2, 0.25) is 15.9 Å². The highest BCUT2D eigenvalue weighted by atomic mass is 32.2. The van der Waals surface area contributed by atoms with Gasteiger partial charge in [-0.15, -0.1) is 0 Å². The van der Waals surface area contributed by atoms with Crippen LogP contribution in [0.2, 0.25) is 0 Å². The number of carbonyl (C=O) groups is 1. The highest BCUT2D eigenvalue weighted by Gasteiger charge is 2.26. The normalized spacial score (nSPS) is 20.4. The van der Waals surface area contributed by atoms with Crippen LogP contribution in [0, 0.1) is 5.92 Å². The summed E-state index contributed by atoms with van der Waals surface area (Å²) in [7, 11) is -3.43. The highest BCUT2D eigenvalue weighted by molar-refractivity contribution is 7.92. The smallest absolute Gasteiger partial charge is 0.236 e. The van der Waals surface area contributed by atoms with E-state index in [2.05, 4.69) is 5.32 Å². The molecule has 1 N–H and O–H groups in total. The summed E-state index contributed by atoms with van der Waals surface area (Å²) in [5.74, 6) is 0.668. The average Bonchev–Trinajstić information content (AvgIpc) is 2.73. The van der Waals surface area contributed by atoms with Crippen molar-refractivity contribution >= 4 is 22.0 Å². The zero-order chi connectivity index (χ0) is 19.8. The summed E-state index contributed by atoms with van der Waals surface area (Å²) in [4.78, 5) is 14.2. The molecule has 28 heavy (non-hydrogen) atoms. The van der Waals surface area contributed by atoms with Gasteiger partial charge in [0.05, 0.1) is 6.54 Å². The van der Waals surface area contributed by atoms with E-state index >= 15 is 0 Å². The molecule has 0 aromatic heterocycles. The van der Waals surface area contributed by atoms with E-state index in [0.29, 0.717) is 38.6 Å². The summed E-state index contributed by atoms with van der Waals surface area (Å²) < 4.78 is 26.5. The summed E-state index contributed by atoms with van der Waals surface area (Å²) in [5.41, 5.74) is 0.861. The van der Waals surface area contributed by atoms with Crippen molar-refractivity contribution in [3.63, 3.8) is 0 Å². The van der Waals surface area contributed by atoms with Gasteiger partial charge >= 0.3 is 0 Å². The van der Waals surface area contributed by atoms with E-state index in [9.17, 15) is 13.2 Å². The third-order valence-electron chi connectivity index (χ3n) is 5.60. The minimum absolute atomic E-state index is 0.0471. The predicted molar refractivity (Wildman–Crippen MR) is 112 cm³/mol. The summed E-state index contributed by atoms with van der Waals surface area (Å²) in [6.45, 7) is 3.11. The first-order valence-electron chi connectivity index (χ1n) is 10.3. The van der Waals surface area contributed by atoms with E-state index in [1.54, 1.807) is 6.08 Å². The van der Waals surface area contributed by atoms with Gasteiger partial charge in [-0.05, 0) is 30.4 Å². The lowest BCUT2D eigenvalue weighted by atomic mass is 9.89. The van der Waals surface area contributed by atoms with Crippen LogP contribution in [-0.4, -0.2) is 62.8 Å². The zero-order valence-corrected chi connectivity index (χ0v) is 17.2. The first kappa shape index (κ1) is 21.0. The van der Waals surface area contributed by atoms with E-state index in [0.717, 1.165) is 12.1 Å². The number of hydrogen-bond acceptors (Lipinski definition) is 4. The van der Waals surface area contributed by atoms with Crippen LogP contribution in [0.4, 0.5) is 0 Å². The fraction of sp³-hybridized carbons (Fsp3) is 0.571. The molecule has 0 spiro atoms. The SMILES string of the molecule is O=C(CN1CCN(S(=O)(=O)/C=C/c2ccccc2)CC1)NCC1CCCCC1. The molecule has 1 amide bonds. The Morgan fingerprint density at radius 3 is 2.39 bits per heavy atom. The molecule has 0 atom stereocenters. The van der Waals surface area contributed by atoms with Crippen molar-refractivity contribution in [3.05, 3.63) is 41.3 Å². The number of hydrogen-bond donors (Lipinski definition) is 1. The molecule has 7 heteroatoms. The average molecular weight is 406 g/mol. The second-order valence-corrected chi connectivity index (χ2v) is 9.56. The molecule has 2 fully saturated rings. The largest absolute Gasteiger partial charge is 0.355 e. The molecule has 2 aliphatic rings. The lowest BCUT2D eigenvalue weighted by Gasteiger charge is -2.33. The van der Waals surface area contributed by atoms with Crippen molar-refractivity contribution in [3.8, 4) is 0 Å². The van der Waals surface area contributed by atoms with Gasteiger partial charge in [0.25, 0.3) is 0 Å². The number of carbonyl (C=O) groups excluding carboxylic acids is 1. The van der Waals surface area contributed by atoms with Gasteiger partial charge in [0.1, 0.15) is 0 Å². The molecular formula is C21H31N3O3S. The standard InChI is InChI=1S/C21H31N3O3S/c25-21(22-17-20-9-5-2-6-10-20)18-23-12-14-24(15-13-23)28(26,27)16-11-19-7-3-1-4-8-19/h1,3-4,7-8,11,16,20H,2,5-6,9-10,12-15,17-18H2,(H,22,25)/b16-11+. The maximum atomic E-state index is 12.5. The Hall–Kier alpha value is -1.70. The van der Waals surface area contributed by atoms with Crippen molar-refractivity contribution in [1.82, 2.24) is 14.5 Å². The van der Waals surface area contributed by atoms with E-state index in [-0.39, 0.29) is 5.91 Å². The molecule has 0 unspecified atom stereocenters. The van der Waals surface area contributed by atoms with Crippen molar-refractivity contribution in [2.24, 2.45) is 5.92 Å². The van der Waals surface area contributed by atoms with Crippen LogP contribution in [0.3, 0.4) is 0 Å². The number of amides is 1. The third kappa shape index (κ3) is 6.43. The third-order valence-corrected chi connectivity index (χ3v) is 7.17. The Morgan fingerprint density at radius 2 is 1.71 bits per heavy atom. The van der Waals surface area contributed by atoms with Crippen molar-refractivity contribution in [1.29, 1.82) is 0 Å². The van der Waals surface area contributed by atoms with Gasteiger partial charge in [-0.3, -0.25) is 9.69 Å². The number of sulfonamides is 1. The monoisotopic (exact) mass is 405 g/mol. The fourth-order valence-electron chi connectivity index (χ4n) is 3.87. The van der Waals surface area contributed by atoms with Crippen LogP contribution in [0.25, 0.3) is 6.08 Å². The maximum Gasteiger partial charge on any atom is 0.236 e. The van der Waals surface area contributed by atoms with Crippen molar-refractivity contribution < 1.29 is 13.2 Å². The molecule has 1 heterocycles. The number of rotatable bonds is 7. The quantitative estimate of drug-likeness (QED) is 0.756. The molecule has 0 radical (unpaired) electrons. The molecule has 3 rings (SSSR count). The molecule has 1 saturated heterocycles. The second kappa shape index (κ2) is 10.2. The van der Waals surface area contributed by atoms with Gasteiger partial charge < -0.3 is 5.32 Å². The minimum atomic E-state index is -3.43. The summed E-state index contributed by atoms with van der Waals surface area (Å²) >= 11 is 0. The Labute approximate surface area is 168 Å². The van der Waals surface area contributed by atoms with Gasteiger partial charge in [0, 0.05) is 38.1 Å². The second-order valence-electron chi connectivity index (χ2n) is 7.74. The molecule has 1 aromatic carbocycles. The highest BCUT2D eigenvalue weighted by Crippen LogP contribution is 2.22. The number of benzene rings is 1. The van der Waals surface area contributed by atoms with Crippen LogP contribution in [0.15, 0.2) is 35.7 Å². The van der Waals surface area contributed by atoms with Crippen LogP contribution >= 0.6 is 0 Å². The molecule has 1 aliphatic carbocycles. The van der Waals surface area contributed by atoms with Crippen LogP contribution < -0.4 is 5.32 Å². The zero-order valence-electron chi connectivity index (χ0n) is 16.4. The van der Waals surface area contributed by atoms with Crippen molar-refractivity contribution in [2.75, 3.05) is 39.3 Å². The van der Waals surface area contributed by atoms with Crippen LogP contribution in [0.1, 0.15) is 37.7 Å². The summed E-state index contributed by atoms with van der Waals surface area (Å²) in [6, 6.07) is 9.40. The Bertz CT molecular complexity index is 750. The predicted octanol–water partition coefficient (Wildman–Crippen LogP) is 2.30. The van der Waals surface area contributed by atoms with Crippen LogP contribution in [-0.2, 0) is 14.8 Å². The number of piperazine rings is 1. The van der Waals surface area contributed by atoms with Crippen LogP contribution in [0.5, 0.6) is 0 Å². The first-order chi connectivity index (χ1) is 13.5. The van der Waals surface area contributed by atoms with E-state index in [1.807, 2.05) is 35.2 Å². The van der Waals surface area contributed by atoms with Crippen molar-refractivity contribution in [2.45, 2.75) is 32.1 Å². The molecule has 154 valence electrons. The van der Waals surface area contributed by atoms with Gasteiger partial charge in [0.15, 0.2) is 0 Å². The summed E-state index contributed by atoms with van der Waals surface area (Å²) in [5, 5.41) is 4.33. The molecular weight excluding hydrogens is 374 g/mol. The van der Waals surface area contributed by atoms with E-state index < -0.39 is 10.0 Å². The number of nitrogens with zero attached hydrogens (tertiary/aromatic N) is 2.